The van der Waals surface area contributed by atoms with Gasteiger partial charge in [-0.3, -0.25) is 9.78 Å². The van der Waals surface area contributed by atoms with E-state index in [4.69, 9.17) is 4.74 Å². The highest BCUT2D eigenvalue weighted by molar-refractivity contribution is 5.99. The van der Waals surface area contributed by atoms with Crippen LogP contribution in [0, 0.1) is 11.8 Å². The fourth-order valence-electron chi connectivity index (χ4n) is 3.53. The van der Waals surface area contributed by atoms with Crippen molar-refractivity contribution in [2.45, 2.75) is 6.42 Å². The molecule has 34 heavy (non-hydrogen) atoms. The zero-order valence-corrected chi connectivity index (χ0v) is 18.6. The maximum atomic E-state index is 12.4. The van der Waals surface area contributed by atoms with Crippen LogP contribution in [0.25, 0.3) is 11.1 Å². The second-order valence-corrected chi connectivity index (χ2v) is 7.50. The second-order valence-electron chi connectivity index (χ2n) is 7.50. The summed E-state index contributed by atoms with van der Waals surface area (Å²) in [7, 11) is 1.37. The van der Waals surface area contributed by atoms with Gasteiger partial charge in [-0.15, -0.1) is 0 Å². The van der Waals surface area contributed by atoms with Crippen LogP contribution in [-0.2, 0) is 16.0 Å². The van der Waals surface area contributed by atoms with E-state index in [2.05, 4.69) is 22.1 Å². The van der Waals surface area contributed by atoms with Crippen LogP contribution in [0.5, 0.6) is 0 Å². The zero-order chi connectivity index (χ0) is 23.8. The minimum Gasteiger partial charge on any atom is -0.465 e. The molecule has 3 aromatic carbocycles. The second kappa shape index (κ2) is 10.8. The number of amides is 1. The molecule has 4 aromatic rings. The summed E-state index contributed by atoms with van der Waals surface area (Å²) in [5.74, 6) is 5.84. The Kier molecular flexibility index (Phi) is 7.12. The lowest BCUT2D eigenvalue weighted by molar-refractivity contribution is -0.115. The van der Waals surface area contributed by atoms with Crippen LogP contribution in [0.4, 0.5) is 5.69 Å². The van der Waals surface area contributed by atoms with Crippen molar-refractivity contribution in [2.75, 3.05) is 12.4 Å². The molecule has 0 saturated carbocycles. The van der Waals surface area contributed by atoms with Gasteiger partial charge < -0.3 is 10.1 Å². The first kappa shape index (κ1) is 22.5. The van der Waals surface area contributed by atoms with Crippen LogP contribution in [0.3, 0.4) is 0 Å². The van der Waals surface area contributed by atoms with E-state index in [1.165, 1.54) is 7.11 Å². The number of hydrogen-bond acceptors (Lipinski definition) is 4. The summed E-state index contributed by atoms with van der Waals surface area (Å²) >= 11 is 0. The third-order valence-corrected chi connectivity index (χ3v) is 5.14. The maximum Gasteiger partial charge on any atom is 0.338 e. The summed E-state index contributed by atoms with van der Waals surface area (Å²) in [6.07, 6.45) is 3.52. The summed E-state index contributed by atoms with van der Waals surface area (Å²) in [6, 6.07) is 26.2. The molecule has 0 saturated heterocycles. The average molecular weight is 447 g/mol. The number of esters is 1. The minimum atomic E-state index is -0.406. The Hall–Kier alpha value is -4.69. The lowest BCUT2D eigenvalue weighted by Gasteiger charge is -2.10. The smallest absolute Gasteiger partial charge is 0.338 e. The first-order valence-corrected chi connectivity index (χ1v) is 10.7. The molecule has 166 valence electrons. The first-order chi connectivity index (χ1) is 16.6. The Balaban J connectivity index is 1.55. The Morgan fingerprint density at radius 2 is 1.68 bits per heavy atom. The van der Waals surface area contributed by atoms with Crippen LogP contribution in [0.2, 0.25) is 0 Å². The standard InChI is InChI=1S/C29H22N2O3/c1-34-29(33)26-11-5-9-24(28(26)23-7-3-2-4-8-23)17-16-21-12-14-22(15-13-21)19-27(32)31-25-10-6-18-30-20-25/h2-15,18,20H,19H2,1H3,(H,31,32). The van der Waals surface area contributed by atoms with Crippen molar-refractivity contribution in [1.29, 1.82) is 0 Å². The Morgan fingerprint density at radius 3 is 2.38 bits per heavy atom. The molecule has 0 bridgehead atoms. The number of pyridine rings is 1. The van der Waals surface area contributed by atoms with Gasteiger partial charge in [-0.2, -0.15) is 0 Å². The van der Waals surface area contributed by atoms with Gasteiger partial charge in [-0.05, 0) is 47.5 Å². The van der Waals surface area contributed by atoms with Crippen LogP contribution in [-0.4, -0.2) is 24.0 Å². The van der Waals surface area contributed by atoms with Crippen LogP contribution in [0.15, 0.2) is 97.3 Å². The summed E-state index contributed by atoms with van der Waals surface area (Å²) in [4.78, 5) is 28.6. The van der Waals surface area contributed by atoms with Gasteiger partial charge in [0.25, 0.3) is 0 Å². The number of rotatable bonds is 5. The Morgan fingerprint density at radius 1 is 0.882 bits per heavy atom. The highest BCUT2D eigenvalue weighted by atomic mass is 16.5. The number of nitrogens with zero attached hydrogens (tertiary/aromatic N) is 1. The van der Waals surface area contributed by atoms with Gasteiger partial charge in [0.05, 0.1) is 31.0 Å². The molecule has 5 heteroatoms. The van der Waals surface area contributed by atoms with Gasteiger partial charge in [0, 0.05) is 22.9 Å². The third kappa shape index (κ3) is 5.56. The molecule has 0 unspecified atom stereocenters. The predicted octanol–water partition coefficient (Wildman–Crippen LogP) is 5.12. The largest absolute Gasteiger partial charge is 0.465 e. The van der Waals surface area contributed by atoms with Gasteiger partial charge in [0.2, 0.25) is 5.91 Å². The van der Waals surface area contributed by atoms with Crippen LogP contribution >= 0.6 is 0 Å². The fraction of sp³-hybridized carbons (Fsp3) is 0.0690. The van der Waals surface area contributed by atoms with Gasteiger partial charge in [-0.25, -0.2) is 4.79 Å². The highest BCUT2D eigenvalue weighted by Crippen LogP contribution is 2.28. The van der Waals surface area contributed by atoms with Crippen LogP contribution < -0.4 is 5.32 Å². The van der Waals surface area contributed by atoms with E-state index in [-0.39, 0.29) is 12.3 Å². The molecule has 0 atom stereocenters. The number of carbonyl (C=O) groups excluding carboxylic acids is 2. The summed E-state index contributed by atoms with van der Waals surface area (Å²) in [6.45, 7) is 0. The van der Waals surface area contributed by atoms with E-state index in [1.807, 2.05) is 60.7 Å². The monoisotopic (exact) mass is 446 g/mol. The molecular formula is C29H22N2O3. The van der Waals surface area contributed by atoms with E-state index in [1.54, 1.807) is 36.7 Å². The number of methoxy groups -OCH3 is 1. The normalized spacial score (nSPS) is 10.0. The number of nitrogens with one attached hydrogen (secondary N) is 1. The first-order valence-electron chi connectivity index (χ1n) is 10.7. The Bertz CT molecular complexity index is 1350. The van der Waals surface area contributed by atoms with E-state index in [0.29, 0.717) is 11.3 Å². The maximum absolute atomic E-state index is 12.4. The molecule has 0 spiro atoms. The number of anilines is 1. The van der Waals surface area contributed by atoms with Gasteiger partial charge in [-0.1, -0.05) is 60.4 Å². The minimum absolute atomic E-state index is 0.112. The predicted molar refractivity (Wildman–Crippen MR) is 132 cm³/mol. The number of hydrogen-bond donors (Lipinski definition) is 1. The Labute approximate surface area is 198 Å². The van der Waals surface area contributed by atoms with Crippen LogP contribution in [0.1, 0.15) is 27.0 Å². The lowest BCUT2D eigenvalue weighted by atomic mass is 9.94. The van der Waals surface area contributed by atoms with E-state index in [9.17, 15) is 9.59 Å². The molecule has 1 amide bonds. The molecule has 5 nitrogen and oxygen atoms in total. The molecule has 1 heterocycles. The van der Waals surface area contributed by atoms with E-state index >= 15 is 0 Å². The molecule has 0 aliphatic rings. The van der Waals surface area contributed by atoms with E-state index < -0.39 is 5.97 Å². The quantitative estimate of drug-likeness (QED) is 0.341. The van der Waals surface area contributed by atoms with Gasteiger partial charge in [0.15, 0.2) is 0 Å². The van der Waals surface area contributed by atoms with Crippen molar-refractivity contribution in [2.24, 2.45) is 0 Å². The summed E-state index contributed by atoms with van der Waals surface area (Å²) in [5, 5.41) is 2.83. The number of aromatic nitrogens is 1. The van der Waals surface area contributed by atoms with Crippen molar-refractivity contribution in [3.05, 3.63) is 120 Å². The van der Waals surface area contributed by atoms with Crippen molar-refractivity contribution in [3.63, 3.8) is 0 Å². The van der Waals surface area contributed by atoms with Crippen molar-refractivity contribution < 1.29 is 14.3 Å². The highest BCUT2D eigenvalue weighted by Gasteiger charge is 2.16. The summed E-state index contributed by atoms with van der Waals surface area (Å²) in [5.41, 5.74) is 5.18. The molecular weight excluding hydrogens is 424 g/mol. The van der Waals surface area contributed by atoms with E-state index in [0.717, 1.165) is 27.8 Å². The molecule has 0 radical (unpaired) electrons. The van der Waals surface area contributed by atoms with Crippen molar-refractivity contribution in [1.82, 2.24) is 4.98 Å². The SMILES string of the molecule is COC(=O)c1cccc(C#Cc2ccc(CC(=O)Nc3cccnc3)cc2)c1-c1ccccc1. The molecule has 1 aromatic heterocycles. The van der Waals surface area contributed by atoms with Crippen molar-refractivity contribution >= 4 is 17.6 Å². The number of carbonyl (C=O) groups is 2. The molecule has 0 aliphatic carbocycles. The number of ether oxygens (including phenoxy) is 1. The van der Waals surface area contributed by atoms with Crippen molar-refractivity contribution in [3.8, 4) is 23.0 Å². The molecule has 4 rings (SSSR count). The van der Waals surface area contributed by atoms with Gasteiger partial charge >= 0.3 is 5.97 Å². The van der Waals surface area contributed by atoms with Gasteiger partial charge in [0.1, 0.15) is 0 Å². The topological polar surface area (TPSA) is 68.3 Å². The number of benzene rings is 3. The average Bonchev–Trinajstić information content (AvgIpc) is 2.88. The lowest BCUT2D eigenvalue weighted by Crippen LogP contribution is -2.14. The fourth-order valence-corrected chi connectivity index (χ4v) is 3.53. The molecule has 1 N–H and O–H groups in total. The molecule has 0 aliphatic heterocycles. The summed E-state index contributed by atoms with van der Waals surface area (Å²) < 4.78 is 4.98. The zero-order valence-electron chi connectivity index (χ0n) is 18.6. The third-order valence-electron chi connectivity index (χ3n) is 5.14. The molecule has 0 fully saturated rings.